The number of para-hydroxylation sites is 1. The van der Waals surface area contributed by atoms with Crippen LogP contribution in [0.15, 0.2) is 36.5 Å². The van der Waals surface area contributed by atoms with Gasteiger partial charge in [0, 0.05) is 12.7 Å². The maximum absolute atomic E-state index is 12.2. The highest BCUT2D eigenvalue weighted by atomic mass is 35.5. The van der Waals surface area contributed by atoms with Gasteiger partial charge >= 0.3 is 0 Å². The van der Waals surface area contributed by atoms with Gasteiger partial charge in [-0.2, -0.15) is 0 Å². The number of benzene rings is 1. The second kappa shape index (κ2) is 8.45. The Morgan fingerprint density at radius 3 is 2.78 bits per heavy atom. The number of aromatic nitrogens is 2. The van der Waals surface area contributed by atoms with Crippen LogP contribution in [0.25, 0.3) is 0 Å². The van der Waals surface area contributed by atoms with E-state index < -0.39 is 0 Å². The molecule has 0 atom stereocenters. The fourth-order valence-electron chi connectivity index (χ4n) is 1.91. The van der Waals surface area contributed by atoms with Crippen LogP contribution < -0.4 is 10.6 Å². The van der Waals surface area contributed by atoms with Crippen LogP contribution in [0.1, 0.15) is 16.9 Å². The first kappa shape index (κ1) is 17.2. The normalized spacial score (nSPS) is 10.6. The summed E-state index contributed by atoms with van der Waals surface area (Å²) in [5.74, 6) is 0.118. The Balaban J connectivity index is 1.96. The fourth-order valence-corrected chi connectivity index (χ4v) is 2.10. The van der Waals surface area contributed by atoms with Crippen molar-refractivity contribution < 1.29 is 4.79 Å². The third-order valence-corrected chi connectivity index (χ3v) is 3.41. The van der Waals surface area contributed by atoms with Crippen molar-refractivity contribution in [3.05, 3.63) is 47.2 Å². The number of halogens is 1. The molecule has 0 unspecified atom stereocenters. The molecule has 0 bridgehead atoms. The van der Waals surface area contributed by atoms with Crippen molar-refractivity contribution in [1.29, 1.82) is 0 Å². The molecule has 6 nitrogen and oxygen atoms in total. The minimum Gasteiger partial charge on any atom is -0.354 e. The average molecular weight is 334 g/mol. The lowest BCUT2D eigenvalue weighted by molar-refractivity contribution is 0.102. The lowest BCUT2D eigenvalue weighted by atomic mass is 10.3. The molecule has 0 fully saturated rings. The number of carbonyl (C=O) groups excluding carboxylic acids is 1. The van der Waals surface area contributed by atoms with Gasteiger partial charge in [0.05, 0.1) is 10.7 Å². The van der Waals surface area contributed by atoms with E-state index in [1.807, 2.05) is 14.1 Å². The molecule has 7 heteroatoms. The number of hydrogen-bond donors (Lipinski definition) is 2. The summed E-state index contributed by atoms with van der Waals surface area (Å²) in [7, 11) is 4.05. The molecular formula is C16H20ClN5O. The van der Waals surface area contributed by atoms with Gasteiger partial charge in [-0.25, -0.2) is 9.97 Å². The minimum atomic E-state index is -0.322. The molecule has 0 radical (unpaired) electrons. The summed E-state index contributed by atoms with van der Waals surface area (Å²) in [5.41, 5.74) is 0.841. The molecule has 1 aromatic heterocycles. The monoisotopic (exact) mass is 333 g/mol. The van der Waals surface area contributed by atoms with Crippen molar-refractivity contribution in [2.24, 2.45) is 0 Å². The number of carbonyl (C=O) groups is 1. The molecule has 0 aliphatic heterocycles. The smallest absolute Gasteiger partial charge is 0.274 e. The highest BCUT2D eigenvalue weighted by Gasteiger charge is 2.10. The largest absolute Gasteiger partial charge is 0.354 e. The molecule has 2 aromatic rings. The van der Waals surface area contributed by atoms with E-state index in [9.17, 15) is 4.79 Å². The van der Waals surface area contributed by atoms with Crippen LogP contribution in [0.3, 0.4) is 0 Å². The molecule has 1 amide bonds. The lowest BCUT2D eigenvalue weighted by Gasteiger charge is -2.10. The molecule has 0 saturated heterocycles. The third kappa shape index (κ3) is 5.50. The Morgan fingerprint density at radius 1 is 1.26 bits per heavy atom. The zero-order valence-electron chi connectivity index (χ0n) is 13.2. The van der Waals surface area contributed by atoms with Crippen LogP contribution >= 0.6 is 11.6 Å². The number of nitrogens with zero attached hydrogens (tertiary/aromatic N) is 3. The SMILES string of the molecule is CN(C)CCCNc1nccc(C(=O)Nc2ccccc2Cl)n1. The lowest BCUT2D eigenvalue weighted by Crippen LogP contribution is -2.18. The summed E-state index contributed by atoms with van der Waals surface area (Å²) in [4.78, 5) is 22.7. The van der Waals surface area contributed by atoms with Gasteiger partial charge in [-0.1, -0.05) is 23.7 Å². The van der Waals surface area contributed by atoms with Crippen LogP contribution in [0, 0.1) is 0 Å². The number of rotatable bonds is 7. The molecule has 122 valence electrons. The predicted octanol–water partition coefficient (Wildman–Crippen LogP) is 2.75. The Morgan fingerprint density at radius 2 is 2.04 bits per heavy atom. The Bertz CT molecular complexity index is 662. The fraction of sp³-hybridized carbons (Fsp3) is 0.312. The molecule has 0 aliphatic rings. The van der Waals surface area contributed by atoms with E-state index in [1.54, 1.807) is 36.5 Å². The quantitative estimate of drug-likeness (QED) is 0.762. The van der Waals surface area contributed by atoms with Crippen molar-refractivity contribution in [1.82, 2.24) is 14.9 Å². The van der Waals surface area contributed by atoms with Gasteiger partial charge < -0.3 is 15.5 Å². The first-order valence-electron chi connectivity index (χ1n) is 7.34. The van der Waals surface area contributed by atoms with Crippen molar-refractivity contribution in [2.75, 3.05) is 37.8 Å². The number of nitrogens with one attached hydrogen (secondary N) is 2. The van der Waals surface area contributed by atoms with E-state index in [0.717, 1.165) is 19.5 Å². The Hall–Kier alpha value is -2.18. The number of hydrogen-bond acceptors (Lipinski definition) is 5. The topological polar surface area (TPSA) is 70.2 Å². The second-order valence-electron chi connectivity index (χ2n) is 5.28. The second-order valence-corrected chi connectivity index (χ2v) is 5.69. The maximum Gasteiger partial charge on any atom is 0.274 e. The molecule has 1 heterocycles. The molecule has 0 aliphatic carbocycles. The third-order valence-electron chi connectivity index (χ3n) is 3.08. The standard InChI is InChI=1S/C16H20ClN5O/c1-22(2)11-5-9-18-16-19-10-8-14(21-16)15(23)20-13-7-4-3-6-12(13)17/h3-4,6-8,10H,5,9,11H2,1-2H3,(H,20,23)(H,18,19,21). The van der Waals surface area contributed by atoms with Crippen LogP contribution in [0.4, 0.5) is 11.6 Å². The first-order chi connectivity index (χ1) is 11.1. The molecular weight excluding hydrogens is 314 g/mol. The van der Waals surface area contributed by atoms with Crippen LogP contribution in [-0.2, 0) is 0 Å². The number of anilines is 2. The Kier molecular flexibility index (Phi) is 6.31. The summed E-state index contributed by atoms with van der Waals surface area (Å²) >= 11 is 6.03. The minimum absolute atomic E-state index is 0.287. The molecule has 23 heavy (non-hydrogen) atoms. The van der Waals surface area contributed by atoms with Gasteiger partial charge in [0.15, 0.2) is 0 Å². The zero-order chi connectivity index (χ0) is 16.7. The van der Waals surface area contributed by atoms with E-state index in [0.29, 0.717) is 16.7 Å². The van der Waals surface area contributed by atoms with Crippen molar-refractivity contribution >= 4 is 29.1 Å². The van der Waals surface area contributed by atoms with Crippen molar-refractivity contribution in [3.63, 3.8) is 0 Å². The molecule has 0 saturated carbocycles. The van der Waals surface area contributed by atoms with Crippen molar-refractivity contribution in [3.8, 4) is 0 Å². The molecule has 2 rings (SSSR count). The van der Waals surface area contributed by atoms with Gasteiger partial charge in [0.25, 0.3) is 5.91 Å². The Labute approximate surface area is 140 Å². The van der Waals surface area contributed by atoms with Gasteiger partial charge in [-0.15, -0.1) is 0 Å². The summed E-state index contributed by atoms with van der Waals surface area (Å²) in [5, 5.41) is 6.34. The highest BCUT2D eigenvalue weighted by Crippen LogP contribution is 2.20. The summed E-state index contributed by atoms with van der Waals surface area (Å²) < 4.78 is 0. The predicted molar refractivity (Wildman–Crippen MR) is 93.1 cm³/mol. The summed E-state index contributed by atoms with van der Waals surface area (Å²) in [6.45, 7) is 1.72. The molecule has 0 spiro atoms. The van der Waals surface area contributed by atoms with Crippen LogP contribution in [-0.4, -0.2) is 48.0 Å². The van der Waals surface area contributed by atoms with Gasteiger partial charge in [0.2, 0.25) is 5.95 Å². The maximum atomic E-state index is 12.2. The van der Waals surface area contributed by atoms with Crippen LogP contribution in [0.5, 0.6) is 0 Å². The van der Waals surface area contributed by atoms with Crippen molar-refractivity contribution in [2.45, 2.75) is 6.42 Å². The number of amides is 1. The van der Waals surface area contributed by atoms with Gasteiger partial charge in [-0.3, -0.25) is 4.79 Å². The van der Waals surface area contributed by atoms with E-state index in [4.69, 9.17) is 11.6 Å². The summed E-state index contributed by atoms with van der Waals surface area (Å²) in [6, 6.07) is 8.63. The highest BCUT2D eigenvalue weighted by molar-refractivity contribution is 6.33. The van der Waals surface area contributed by atoms with E-state index in [1.165, 1.54) is 0 Å². The van der Waals surface area contributed by atoms with E-state index in [2.05, 4.69) is 25.5 Å². The average Bonchev–Trinajstić information content (AvgIpc) is 2.54. The first-order valence-corrected chi connectivity index (χ1v) is 7.71. The van der Waals surface area contributed by atoms with Gasteiger partial charge in [0.1, 0.15) is 5.69 Å². The van der Waals surface area contributed by atoms with E-state index in [-0.39, 0.29) is 11.6 Å². The summed E-state index contributed by atoms with van der Waals surface area (Å²) in [6.07, 6.45) is 2.52. The van der Waals surface area contributed by atoms with E-state index >= 15 is 0 Å². The molecule has 2 N–H and O–H groups in total. The zero-order valence-corrected chi connectivity index (χ0v) is 14.0. The van der Waals surface area contributed by atoms with Crippen LogP contribution in [0.2, 0.25) is 5.02 Å². The molecule has 1 aromatic carbocycles. The van der Waals surface area contributed by atoms with Gasteiger partial charge in [-0.05, 0) is 45.3 Å².